The van der Waals surface area contributed by atoms with Gasteiger partial charge >= 0.3 is 0 Å². The molecule has 1 heterocycles. The van der Waals surface area contributed by atoms with Gasteiger partial charge in [0.05, 0.1) is 23.1 Å². The Balaban J connectivity index is 1.63. The number of carbonyl (C=O) groups excluding carboxylic acids is 1. The number of carbonyl (C=O) groups is 1. The van der Waals surface area contributed by atoms with Gasteiger partial charge in [0.2, 0.25) is 5.91 Å². The molecule has 4 rings (SSSR count). The van der Waals surface area contributed by atoms with Gasteiger partial charge in [0, 0.05) is 15.7 Å². The quantitative estimate of drug-likeness (QED) is 0.258. The first-order chi connectivity index (χ1) is 16.1. The molecular weight excluding hydrogens is 524 g/mol. The van der Waals surface area contributed by atoms with Crippen LogP contribution in [0.4, 0.5) is 5.69 Å². The summed E-state index contributed by atoms with van der Waals surface area (Å²) in [6.45, 7) is 2.53. The third kappa shape index (κ3) is 5.58. The van der Waals surface area contributed by atoms with Crippen LogP contribution < -0.4 is 10.1 Å². The van der Waals surface area contributed by atoms with Crippen LogP contribution in [0.25, 0.3) is 17.1 Å². The molecule has 0 atom stereocenters. The van der Waals surface area contributed by atoms with Gasteiger partial charge in [0.25, 0.3) is 0 Å². The summed E-state index contributed by atoms with van der Waals surface area (Å²) in [6.07, 6.45) is 0. The Morgan fingerprint density at radius 2 is 1.79 bits per heavy atom. The predicted octanol–water partition coefficient (Wildman–Crippen LogP) is 6.48. The van der Waals surface area contributed by atoms with Crippen LogP contribution in [0.15, 0.2) is 82.4 Å². The molecule has 0 unspecified atom stereocenters. The highest BCUT2D eigenvalue weighted by Gasteiger charge is 2.19. The second-order valence-electron chi connectivity index (χ2n) is 6.87. The Bertz CT molecular complexity index is 1260. The van der Waals surface area contributed by atoms with Gasteiger partial charge in [-0.2, -0.15) is 0 Å². The molecule has 0 saturated heterocycles. The fourth-order valence-electron chi connectivity index (χ4n) is 3.15. The molecule has 4 aromatic rings. The fourth-order valence-corrected chi connectivity index (χ4v) is 4.51. The summed E-state index contributed by atoms with van der Waals surface area (Å²) in [5.74, 6) is 1.39. The van der Waals surface area contributed by atoms with Crippen LogP contribution in [-0.2, 0) is 4.79 Å². The number of anilines is 1. The van der Waals surface area contributed by atoms with Gasteiger partial charge in [-0.25, -0.2) is 0 Å². The van der Waals surface area contributed by atoms with Crippen molar-refractivity contribution in [3.05, 3.63) is 82.3 Å². The SMILES string of the molecule is CCOc1ccc(-n2c(SCC(=O)Nc3ccccc3Br)nnc2-c2ccccc2Cl)cc1. The van der Waals surface area contributed by atoms with Crippen LogP contribution in [0.2, 0.25) is 5.02 Å². The van der Waals surface area contributed by atoms with Crippen LogP contribution in [0.3, 0.4) is 0 Å². The number of amides is 1. The van der Waals surface area contributed by atoms with Crippen LogP contribution in [0, 0.1) is 0 Å². The van der Waals surface area contributed by atoms with E-state index in [-0.39, 0.29) is 11.7 Å². The lowest BCUT2D eigenvalue weighted by Crippen LogP contribution is -2.15. The van der Waals surface area contributed by atoms with Gasteiger partial charge in [-0.1, -0.05) is 47.6 Å². The largest absolute Gasteiger partial charge is 0.494 e. The van der Waals surface area contributed by atoms with Gasteiger partial charge < -0.3 is 10.1 Å². The number of nitrogens with one attached hydrogen (secondary N) is 1. The highest BCUT2D eigenvalue weighted by atomic mass is 79.9. The van der Waals surface area contributed by atoms with Crippen molar-refractivity contribution < 1.29 is 9.53 Å². The molecular formula is C24H20BrClN4O2S. The number of ether oxygens (including phenoxy) is 1. The normalized spacial score (nSPS) is 10.8. The summed E-state index contributed by atoms with van der Waals surface area (Å²) >= 11 is 11.2. The zero-order chi connectivity index (χ0) is 23.2. The van der Waals surface area contributed by atoms with E-state index in [4.69, 9.17) is 16.3 Å². The number of benzene rings is 3. The molecule has 0 aliphatic carbocycles. The number of thioether (sulfide) groups is 1. The van der Waals surface area contributed by atoms with Crippen LogP contribution >= 0.6 is 39.3 Å². The average molecular weight is 544 g/mol. The summed E-state index contributed by atoms with van der Waals surface area (Å²) in [4.78, 5) is 12.6. The molecule has 6 nitrogen and oxygen atoms in total. The number of para-hydroxylation sites is 1. The Morgan fingerprint density at radius 1 is 1.06 bits per heavy atom. The molecule has 0 bridgehead atoms. The Labute approximate surface area is 209 Å². The van der Waals surface area contributed by atoms with E-state index in [2.05, 4.69) is 31.4 Å². The van der Waals surface area contributed by atoms with E-state index >= 15 is 0 Å². The molecule has 33 heavy (non-hydrogen) atoms. The third-order valence-corrected chi connectivity index (χ3v) is 6.58. The van der Waals surface area contributed by atoms with Crippen molar-refractivity contribution in [2.75, 3.05) is 17.7 Å². The van der Waals surface area contributed by atoms with Crippen molar-refractivity contribution in [3.63, 3.8) is 0 Å². The van der Waals surface area contributed by atoms with Gasteiger partial charge in [-0.3, -0.25) is 9.36 Å². The zero-order valence-electron chi connectivity index (χ0n) is 17.7. The average Bonchev–Trinajstić information content (AvgIpc) is 3.24. The first-order valence-electron chi connectivity index (χ1n) is 10.2. The minimum absolute atomic E-state index is 0.146. The summed E-state index contributed by atoms with van der Waals surface area (Å²) in [7, 11) is 0. The molecule has 0 aliphatic heterocycles. The number of hydrogen-bond acceptors (Lipinski definition) is 5. The van der Waals surface area contributed by atoms with Gasteiger partial charge in [0.15, 0.2) is 11.0 Å². The zero-order valence-corrected chi connectivity index (χ0v) is 20.8. The Hall–Kier alpha value is -2.81. The molecule has 1 N–H and O–H groups in total. The monoisotopic (exact) mass is 542 g/mol. The van der Waals surface area contributed by atoms with Gasteiger partial charge in [0.1, 0.15) is 5.75 Å². The minimum Gasteiger partial charge on any atom is -0.494 e. The van der Waals surface area contributed by atoms with Crippen molar-refractivity contribution in [1.29, 1.82) is 0 Å². The van der Waals surface area contributed by atoms with Crippen LogP contribution in [0.5, 0.6) is 5.75 Å². The summed E-state index contributed by atoms with van der Waals surface area (Å²) in [5.41, 5.74) is 2.31. The van der Waals surface area contributed by atoms with E-state index in [9.17, 15) is 4.79 Å². The molecule has 9 heteroatoms. The molecule has 0 saturated carbocycles. The maximum Gasteiger partial charge on any atom is 0.234 e. The summed E-state index contributed by atoms with van der Waals surface area (Å²) in [6, 6.07) is 22.6. The van der Waals surface area contributed by atoms with E-state index in [0.29, 0.717) is 28.3 Å². The molecule has 3 aromatic carbocycles. The molecule has 0 radical (unpaired) electrons. The third-order valence-electron chi connectivity index (χ3n) is 4.63. The Kier molecular flexibility index (Phi) is 7.69. The molecule has 0 aliphatic rings. The van der Waals surface area contributed by atoms with Crippen LogP contribution in [-0.4, -0.2) is 33.0 Å². The maximum absolute atomic E-state index is 12.6. The highest BCUT2D eigenvalue weighted by Crippen LogP contribution is 2.32. The first-order valence-corrected chi connectivity index (χ1v) is 12.3. The molecule has 1 amide bonds. The van der Waals surface area contributed by atoms with E-state index in [1.807, 2.05) is 84.3 Å². The van der Waals surface area contributed by atoms with Crippen molar-refractivity contribution >= 4 is 50.9 Å². The molecule has 0 spiro atoms. The number of aromatic nitrogens is 3. The van der Waals surface area contributed by atoms with Crippen molar-refractivity contribution in [3.8, 4) is 22.8 Å². The predicted molar refractivity (Wildman–Crippen MR) is 136 cm³/mol. The first kappa shape index (κ1) is 23.4. The number of rotatable bonds is 8. The van der Waals surface area contributed by atoms with E-state index in [1.165, 1.54) is 11.8 Å². The highest BCUT2D eigenvalue weighted by molar-refractivity contribution is 9.10. The lowest BCUT2D eigenvalue weighted by atomic mass is 10.2. The van der Waals surface area contributed by atoms with Crippen molar-refractivity contribution in [1.82, 2.24) is 14.8 Å². The summed E-state index contributed by atoms with van der Waals surface area (Å²) in [5, 5.41) is 12.8. The smallest absolute Gasteiger partial charge is 0.234 e. The summed E-state index contributed by atoms with van der Waals surface area (Å²) < 4.78 is 8.28. The Morgan fingerprint density at radius 3 is 2.52 bits per heavy atom. The lowest BCUT2D eigenvalue weighted by Gasteiger charge is -2.12. The van der Waals surface area contributed by atoms with E-state index in [1.54, 1.807) is 0 Å². The molecule has 1 aromatic heterocycles. The standard InChI is InChI=1S/C24H20BrClN4O2S/c1-2-32-17-13-11-16(12-14-17)30-23(18-7-3-5-9-20(18)26)28-29-24(30)33-15-22(31)27-21-10-6-4-8-19(21)25/h3-14H,2,15H2,1H3,(H,27,31). The van der Waals surface area contributed by atoms with Crippen molar-refractivity contribution in [2.45, 2.75) is 12.1 Å². The van der Waals surface area contributed by atoms with Gasteiger partial charge in [-0.15, -0.1) is 10.2 Å². The second-order valence-corrected chi connectivity index (χ2v) is 9.07. The maximum atomic E-state index is 12.6. The number of hydrogen-bond donors (Lipinski definition) is 1. The van der Waals surface area contributed by atoms with Gasteiger partial charge in [-0.05, 0) is 71.4 Å². The van der Waals surface area contributed by atoms with E-state index < -0.39 is 0 Å². The fraction of sp³-hybridized carbons (Fsp3) is 0.125. The lowest BCUT2D eigenvalue weighted by molar-refractivity contribution is -0.113. The number of halogens is 2. The molecule has 0 fully saturated rings. The topological polar surface area (TPSA) is 69.0 Å². The van der Waals surface area contributed by atoms with E-state index in [0.717, 1.165) is 21.5 Å². The van der Waals surface area contributed by atoms with Crippen molar-refractivity contribution in [2.24, 2.45) is 0 Å². The number of nitrogens with zero attached hydrogens (tertiary/aromatic N) is 3. The minimum atomic E-state index is -0.146. The second kappa shape index (κ2) is 10.9. The van der Waals surface area contributed by atoms with Crippen LogP contribution in [0.1, 0.15) is 6.92 Å². The molecule has 168 valence electrons.